The number of hydrogen-bond donors (Lipinski definition) is 1. The predicted molar refractivity (Wildman–Crippen MR) is 47.8 cm³/mol. The van der Waals surface area contributed by atoms with Crippen LogP contribution in [0.4, 0.5) is 8.78 Å². The summed E-state index contributed by atoms with van der Waals surface area (Å²) in [5.74, 6) is -1.58. The SMILES string of the molecule is OCc1cc(-c2ccc(F)c(F)c2)no1. The van der Waals surface area contributed by atoms with Crippen molar-refractivity contribution in [1.82, 2.24) is 5.16 Å². The highest BCUT2D eigenvalue weighted by Gasteiger charge is 2.08. The first-order valence-corrected chi connectivity index (χ1v) is 4.22. The van der Waals surface area contributed by atoms with Crippen molar-refractivity contribution in [3.63, 3.8) is 0 Å². The van der Waals surface area contributed by atoms with Crippen LogP contribution in [0.1, 0.15) is 5.76 Å². The maximum absolute atomic E-state index is 12.9. The molecule has 78 valence electrons. The molecule has 0 amide bonds. The van der Waals surface area contributed by atoms with E-state index >= 15 is 0 Å². The number of benzene rings is 1. The van der Waals surface area contributed by atoms with Crippen LogP contribution in [0.3, 0.4) is 0 Å². The number of aliphatic hydroxyl groups excluding tert-OH is 1. The van der Waals surface area contributed by atoms with Crippen LogP contribution in [0, 0.1) is 11.6 Å². The van der Waals surface area contributed by atoms with E-state index in [1.807, 2.05) is 0 Å². The summed E-state index contributed by atoms with van der Waals surface area (Å²) < 4.78 is 30.2. The Morgan fingerprint density at radius 3 is 2.60 bits per heavy atom. The molecule has 1 aromatic carbocycles. The summed E-state index contributed by atoms with van der Waals surface area (Å²) in [5.41, 5.74) is 0.760. The van der Waals surface area contributed by atoms with Crippen molar-refractivity contribution in [2.45, 2.75) is 6.61 Å². The Morgan fingerprint density at radius 2 is 2.00 bits per heavy atom. The molecule has 0 aliphatic rings. The summed E-state index contributed by atoms with van der Waals surface area (Å²) in [6.07, 6.45) is 0. The maximum Gasteiger partial charge on any atom is 0.162 e. The Kier molecular flexibility index (Phi) is 2.47. The van der Waals surface area contributed by atoms with Crippen LogP contribution in [0.5, 0.6) is 0 Å². The lowest BCUT2D eigenvalue weighted by Gasteiger charge is -1.96. The second kappa shape index (κ2) is 3.78. The third-order valence-electron chi connectivity index (χ3n) is 1.93. The Balaban J connectivity index is 2.40. The summed E-state index contributed by atoms with van der Waals surface area (Å²) in [4.78, 5) is 0. The molecular weight excluding hydrogens is 204 g/mol. The zero-order chi connectivity index (χ0) is 10.8. The van der Waals surface area contributed by atoms with Gasteiger partial charge in [0.2, 0.25) is 0 Å². The fourth-order valence-electron chi connectivity index (χ4n) is 1.18. The fourth-order valence-corrected chi connectivity index (χ4v) is 1.18. The van der Waals surface area contributed by atoms with E-state index in [-0.39, 0.29) is 12.4 Å². The van der Waals surface area contributed by atoms with Gasteiger partial charge in [-0.15, -0.1) is 0 Å². The van der Waals surface area contributed by atoms with Crippen LogP contribution < -0.4 is 0 Å². The van der Waals surface area contributed by atoms with Gasteiger partial charge in [0.15, 0.2) is 17.4 Å². The van der Waals surface area contributed by atoms with Crippen molar-refractivity contribution in [3.8, 4) is 11.3 Å². The molecule has 0 radical (unpaired) electrons. The molecule has 0 saturated carbocycles. The molecule has 0 bridgehead atoms. The van der Waals surface area contributed by atoms with Gasteiger partial charge in [-0.1, -0.05) is 5.16 Å². The molecule has 15 heavy (non-hydrogen) atoms. The second-order valence-electron chi connectivity index (χ2n) is 2.97. The van der Waals surface area contributed by atoms with E-state index in [2.05, 4.69) is 5.16 Å². The van der Waals surface area contributed by atoms with E-state index < -0.39 is 11.6 Å². The van der Waals surface area contributed by atoms with Gasteiger partial charge < -0.3 is 9.63 Å². The lowest BCUT2D eigenvalue weighted by atomic mass is 10.1. The van der Waals surface area contributed by atoms with Crippen LogP contribution >= 0.6 is 0 Å². The van der Waals surface area contributed by atoms with Gasteiger partial charge in [-0.2, -0.15) is 0 Å². The molecule has 2 rings (SSSR count). The maximum atomic E-state index is 12.9. The largest absolute Gasteiger partial charge is 0.388 e. The Hall–Kier alpha value is -1.75. The van der Waals surface area contributed by atoms with Gasteiger partial charge in [-0.25, -0.2) is 8.78 Å². The molecule has 5 heteroatoms. The molecule has 0 spiro atoms. The first kappa shape index (κ1) is 9.79. The summed E-state index contributed by atoms with van der Waals surface area (Å²) in [7, 11) is 0. The van der Waals surface area contributed by atoms with Crippen LogP contribution in [0.25, 0.3) is 11.3 Å². The van der Waals surface area contributed by atoms with Crippen molar-refractivity contribution >= 4 is 0 Å². The van der Waals surface area contributed by atoms with Crippen molar-refractivity contribution in [3.05, 3.63) is 41.7 Å². The Labute approximate surface area is 83.9 Å². The minimum atomic E-state index is -0.943. The molecule has 0 atom stereocenters. The summed E-state index contributed by atoms with van der Waals surface area (Å²) >= 11 is 0. The van der Waals surface area contributed by atoms with Gasteiger partial charge in [0.1, 0.15) is 12.3 Å². The fraction of sp³-hybridized carbons (Fsp3) is 0.100. The second-order valence-corrected chi connectivity index (χ2v) is 2.97. The molecule has 0 saturated heterocycles. The number of halogens is 2. The average molecular weight is 211 g/mol. The van der Waals surface area contributed by atoms with Crippen molar-refractivity contribution in [2.75, 3.05) is 0 Å². The normalized spacial score (nSPS) is 10.6. The number of rotatable bonds is 2. The van der Waals surface area contributed by atoms with Gasteiger partial charge in [-0.3, -0.25) is 0 Å². The average Bonchev–Trinajstić information content (AvgIpc) is 2.70. The number of aliphatic hydroxyl groups is 1. The third kappa shape index (κ3) is 1.87. The summed E-state index contributed by atoms with van der Waals surface area (Å²) in [5, 5.41) is 12.3. The van der Waals surface area contributed by atoms with Crippen LogP contribution in [-0.2, 0) is 6.61 Å². The topological polar surface area (TPSA) is 46.3 Å². The Morgan fingerprint density at radius 1 is 1.20 bits per heavy atom. The quantitative estimate of drug-likeness (QED) is 0.827. The van der Waals surface area contributed by atoms with E-state index in [4.69, 9.17) is 9.63 Å². The lowest BCUT2D eigenvalue weighted by molar-refractivity contribution is 0.229. The van der Waals surface area contributed by atoms with Crippen molar-refractivity contribution in [1.29, 1.82) is 0 Å². The predicted octanol–water partition coefficient (Wildman–Crippen LogP) is 2.11. The van der Waals surface area contributed by atoms with Gasteiger partial charge in [-0.05, 0) is 18.2 Å². The summed E-state index contributed by atoms with van der Waals surface area (Å²) in [6.45, 7) is -0.281. The van der Waals surface area contributed by atoms with Crippen molar-refractivity contribution in [2.24, 2.45) is 0 Å². The first-order chi connectivity index (χ1) is 7.20. The molecule has 2 aromatic rings. The molecule has 0 aliphatic carbocycles. The van der Waals surface area contributed by atoms with E-state index in [0.717, 1.165) is 12.1 Å². The van der Waals surface area contributed by atoms with Crippen LogP contribution in [0.15, 0.2) is 28.8 Å². The third-order valence-corrected chi connectivity index (χ3v) is 1.93. The number of hydrogen-bond acceptors (Lipinski definition) is 3. The molecule has 0 unspecified atom stereocenters. The molecule has 1 heterocycles. The first-order valence-electron chi connectivity index (χ1n) is 4.22. The highest BCUT2D eigenvalue weighted by atomic mass is 19.2. The van der Waals surface area contributed by atoms with Crippen molar-refractivity contribution < 1.29 is 18.4 Å². The highest BCUT2D eigenvalue weighted by Crippen LogP contribution is 2.21. The van der Waals surface area contributed by atoms with Gasteiger partial charge in [0.05, 0.1) is 0 Å². The number of aromatic nitrogens is 1. The van der Waals surface area contributed by atoms with Crippen LogP contribution in [0.2, 0.25) is 0 Å². The summed E-state index contributed by atoms with van der Waals surface area (Å²) in [6, 6.07) is 4.89. The highest BCUT2D eigenvalue weighted by molar-refractivity contribution is 5.58. The van der Waals surface area contributed by atoms with Gasteiger partial charge in [0, 0.05) is 11.6 Å². The standard InChI is InChI=1S/C10H7F2NO2/c11-8-2-1-6(3-9(8)12)10-4-7(5-14)15-13-10/h1-4,14H,5H2. The van der Waals surface area contributed by atoms with Gasteiger partial charge in [0.25, 0.3) is 0 Å². The Bertz CT molecular complexity index is 482. The molecular formula is C10H7F2NO2. The number of nitrogens with zero attached hydrogens (tertiary/aromatic N) is 1. The smallest absolute Gasteiger partial charge is 0.162 e. The van der Waals surface area contributed by atoms with E-state index in [9.17, 15) is 8.78 Å². The zero-order valence-corrected chi connectivity index (χ0v) is 7.58. The molecule has 3 nitrogen and oxygen atoms in total. The van der Waals surface area contributed by atoms with Gasteiger partial charge >= 0.3 is 0 Å². The molecule has 0 fully saturated rings. The minimum absolute atomic E-state index is 0.273. The monoisotopic (exact) mass is 211 g/mol. The van der Waals surface area contributed by atoms with E-state index in [0.29, 0.717) is 11.3 Å². The van der Waals surface area contributed by atoms with E-state index in [1.54, 1.807) is 0 Å². The zero-order valence-electron chi connectivity index (χ0n) is 7.58. The van der Waals surface area contributed by atoms with Crippen LogP contribution in [-0.4, -0.2) is 10.3 Å². The molecule has 0 aliphatic heterocycles. The van der Waals surface area contributed by atoms with E-state index in [1.165, 1.54) is 12.1 Å². The molecule has 1 N–H and O–H groups in total. The molecule has 1 aromatic heterocycles. The minimum Gasteiger partial charge on any atom is -0.388 e. The lowest BCUT2D eigenvalue weighted by Crippen LogP contribution is -1.85.